The number of aromatic nitrogens is 2. The second kappa shape index (κ2) is 8.24. The molecule has 0 unspecified atom stereocenters. The molecule has 0 fully saturated rings. The van der Waals surface area contributed by atoms with Gasteiger partial charge in [-0.1, -0.05) is 0 Å². The summed E-state index contributed by atoms with van der Waals surface area (Å²) in [7, 11) is 1.58. The zero-order valence-corrected chi connectivity index (χ0v) is 10.6. The number of rotatable bonds is 8. The normalized spacial score (nSPS) is 9.89. The van der Waals surface area contributed by atoms with Gasteiger partial charge in [-0.2, -0.15) is 0 Å². The van der Waals surface area contributed by atoms with E-state index in [-0.39, 0.29) is 12.5 Å². The van der Waals surface area contributed by atoms with Crippen molar-refractivity contribution in [1.82, 2.24) is 15.3 Å². The Morgan fingerprint density at radius 2 is 2.28 bits per heavy atom. The van der Waals surface area contributed by atoms with Crippen LogP contribution in [0.25, 0.3) is 0 Å². The Balaban J connectivity index is 2.33. The van der Waals surface area contributed by atoms with Crippen molar-refractivity contribution in [2.24, 2.45) is 0 Å². The predicted molar refractivity (Wildman–Crippen MR) is 66.6 cm³/mol. The van der Waals surface area contributed by atoms with Crippen molar-refractivity contribution in [3.8, 4) is 5.88 Å². The van der Waals surface area contributed by atoms with E-state index < -0.39 is 0 Å². The molecule has 0 saturated carbocycles. The fourth-order valence-corrected chi connectivity index (χ4v) is 1.19. The zero-order valence-electron chi connectivity index (χ0n) is 10.6. The third-order valence-electron chi connectivity index (χ3n) is 1.99. The molecule has 0 bridgehead atoms. The van der Waals surface area contributed by atoms with E-state index in [0.29, 0.717) is 31.5 Å². The molecule has 0 aromatic carbocycles. The largest absolute Gasteiger partial charge is 0.478 e. The van der Waals surface area contributed by atoms with Gasteiger partial charge in [0.25, 0.3) is 0 Å². The number of nitrogens with one attached hydrogen (secondary N) is 2. The quantitative estimate of drug-likeness (QED) is 0.638. The van der Waals surface area contributed by atoms with Crippen LogP contribution in [0.3, 0.4) is 0 Å². The maximum atomic E-state index is 11.4. The summed E-state index contributed by atoms with van der Waals surface area (Å²) in [6.45, 7) is 3.54. The highest BCUT2D eigenvalue weighted by Crippen LogP contribution is 2.10. The lowest BCUT2D eigenvalue weighted by atomic mass is 10.5. The third-order valence-corrected chi connectivity index (χ3v) is 1.99. The molecule has 0 aliphatic carbocycles. The third kappa shape index (κ3) is 5.44. The standard InChI is InChI=1S/C11H18N4O3/c1-3-18-11-6-9(14-8-15-11)13-7-10(16)12-4-5-17-2/h6,8H,3-5,7H2,1-2H3,(H,12,16)(H,13,14,15). The van der Waals surface area contributed by atoms with Crippen LogP contribution in [-0.4, -0.2) is 49.3 Å². The number of hydrogen-bond acceptors (Lipinski definition) is 6. The number of amides is 1. The van der Waals surface area contributed by atoms with Gasteiger partial charge in [-0.3, -0.25) is 4.79 Å². The van der Waals surface area contributed by atoms with Gasteiger partial charge in [-0.15, -0.1) is 0 Å². The summed E-state index contributed by atoms with van der Waals surface area (Å²) in [6, 6.07) is 1.64. The molecule has 7 nitrogen and oxygen atoms in total. The van der Waals surface area contributed by atoms with Gasteiger partial charge in [-0.05, 0) is 6.92 Å². The molecular formula is C11H18N4O3. The zero-order chi connectivity index (χ0) is 13.2. The van der Waals surface area contributed by atoms with Crippen molar-refractivity contribution in [1.29, 1.82) is 0 Å². The molecule has 0 atom stereocenters. The monoisotopic (exact) mass is 254 g/mol. The second-order valence-corrected chi connectivity index (χ2v) is 3.37. The molecular weight excluding hydrogens is 236 g/mol. The van der Waals surface area contributed by atoms with Crippen LogP contribution in [-0.2, 0) is 9.53 Å². The summed E-state index contributed by atoms with van der Waals surface area (Å²) in [6.07, 6.45) is 1.39. The summed E-state index contributed by atoms with van der Waals surface area (Å²) in [4.78, 5) is 19.3. The van der Waals surface area contributed by atoms with Crippen molar-refractivity contribution in [3.05, 3.63) is 12.4 Å². The molecule has 7 heteroatoms. The van der Waals surface area contributed by atoms with Crippen LogP contribution < -0.4 is 15.4 Å². The molecule has 0 aliphatic heterocycles. The van der Waals surface area contributed by atoms with Crippen molar-refractivity contribution in [2.45, 2.75) is 6.92 Å². The number of hydrogen-bond donors (Lipinski definition) is 2. The van der Waals surface area contributed by atoms with Gasteiger partial charge in [0.1, 0.15) is 12.1 Å². The number of methoxy groups -OCH3 is 1. The summed E-state index contributed by atoms with van der Waals surface area (Å²) in [5.41, 5.74) is 0. The molecule has 1 amide bonds. The molecule has 0 spiro atoms. The SMILES string of the molecule is CCOc1cc(NCC(=O)NCCOC)ncn1. The van der Waals surface area contributed by atoms with E-state index >= 15 is 0 Å². The molecule has 1 aromatic heterocycles. The van der Waals surface area contributed by atoms with Crippen LogP contribution in [0, 0.1) is 0 Å². The first-order valence-corrected chi connectivity index (χ1v) is 5.70. The maximum Gasteiger partial charge on any atom is 0.239 e. The van der Waals surface area contributed by atoms with Crippen molar-refractivity contribution in [2.75, 3.05) is 38.7 Å². The number of ether oxygens (including phenoxy) is 2. The Morgan fingerprint density at radius 1 is 1.44 bits per heavy atom. The lowest BCUT2D eigenvalue weighted by molar-refractivity contribution is -0.119. The van der Waals surface area contributed by atoms with E-state index in [9.17, 15) is 4.79 Å². The average molecular weight is 254 g/mol. The molecule has 0 saturated heterocycles. The fraction of sp³-hybridized carbons (Fsp3) is 0.545. The first-order valence-electron chi connectivity index (χ1n) is 5.70. The highest BCUT2D eigenvalue weighted by molar-refractivity contribution is 5.80. The molecule has 1 aromatic rings. The fourth-order valence-electron chi connectivity index (χ4n) is 1.19. The lowest BCUT2D eigenvalue weighted by Gasteiger charge is -2.07. The summed E-state index contributed by atoms with van der Waals surface area (Å²) in [5.74, 6) is 0.911. The van der Waals surface area contributed by atoms with E-state index in [0.717, 1.165) is 0 Å². The molecule has 1 rings (SSSR count). The minimum absolute atomic E-state index is 0.122. The van der Waals surface area contributed by atoms with Crippen LogP contribution in [0.15, 0.2) is 12.4 Å². The summed E-state index contributed by atoms with van der Waals surface area (Å²) in [5, 5.41) is 5.58. The van der Waals surface area contributed by atoms with Gasteiger partial charge in [0.2, 0.25) is 11.8 Å². The van der Waals surface area contributed by atoms with Gasteiger partial charge in [-0.25, -0.2) is 9.97 Å². The van der Waals surface area contributed by atoms with Crippen LogP contribution >= 0.6 is 0 Å². The van der Waals surface area contributed by atoms with Crippen molar-refractivity contribution in [3.63, 3.8) is 0 Å². The van der Waals surface area contributed by atoms with Gasteiger partial charge in [0, 0.05) is 19.7 Å². The summed E-state index contributed by atoms with van der Waals surface area (Å²) >= 11 is 0. The molecule has 0 aliphatic rings. The van der Waals surface area contributed by atoms with E-state index in [1.165, 1.54) is 6.33 Å². The number of nitrogens with zero attached hydrogens (tertiary/aromatic N) is 2. The number of anilines is 1. The minimum atomic E-state index is -0.122. The van der Waals surface area contributed by atoms with Crippen LogP contribution in [0.4, 0.5) is 5.82 Å². The topological polar surface area (TPSA) is 85.4 Å². The first kappa shape index (κ1) is 14.2. The predicted octanol–water partition coefficient (Wildman–Crippen LogP) is 0.0498. The van der Waals surface area contributed by atoms with Crippen molar-refractivity contribution < 1.29 is 14.3 Å². The highest BCUT2D eigenvalue weighted by atomic mass is 16.5. The Labute approximate surface area is 106 Å². The van der Waals surface area contributed by atoms with E-state index in [4.69, 9.17) is 9.47 Å². The Bertz CT molecular complexity index is 373. The first-order chi connectivity index (χ1) is 8.76. The number of carbonyl (C=O) groups is 1. The van der Waals surface area contributed by atoms with Crippen LogP contribution in [0.5, 0.6) is 5.88 Å². The van der Waals surface area contributed by atoms with E-state index in [1.807, 2.05) is 6.92 Å². The van der Waals surface area contributed by atoms with Crippen molar-refractivity contribution >= 4 is 11.7 Å². The van der Waals surface area contributed by atoms with E-state index in [1.54, 1.807) is 13.2 Å². The highest BCUT2D eigenvalue weighted by Gasteiger charge is 2.02. The molecule has 2 N–H and O–H groups in total. The Hall–Kier alpha value is -1.89. The molecule has 18 heavy (non-hydrogen) atoms. The second-order valence-electron chi connectivity index (χ2n) is 3.37. The lowest BCUT2D eigenvalue weighted by Crippen LogP contribution is -2.32. The molecule has 100 valence electrons. The Kier molecular flexibility index (Phi) is 6.49. The average Bonchev–Trinajstić information content (AvgIpc) is 2.38. The summed E-state index contributed by atoms with van der Waals surface area (Å²) < 4.78 is 10.0. The molecule has 1 heterocycles. The molecule has 0 radical (unpaired) electrons. The Morgan fingerprint density at radius 3 is 3.00 bits per heavy atom. The van der Waals surface area contributed by atoms with Gasteiger partial charge in [0.05, 0.1) is 19.8 Å². The number of carbonyl (C=O) groups excluding carboxylic acids is 1. The van der Waals surface area contributed by atoms with Gasteiger partial charge < -0.3 is 20.1 Å². The van der Waals surface area contributed by atoms with Gasteiger partial charge in [0.15, 0.2) is 0 Å². The van der Waals surface area contributed by atoms with Crippen LogP contribution in [0.1, 0.15) is 6.92 Å². The van der Waals surface area contributed by atoms with E-state index in [2.05, 4.69) is 20.6 Å². The van der Waals surface area contributed by atoms with Gasteiger partial charge >= 0.3 is 0 Å². The van der Waals surface area contributed by atoms with Crippen LogP contribution in [0.2, 0.25) is 0 Å². The maximum absolute atomic E-state index is 11.4. The smallest absolute Gasteiger partial charge is 0.239 e. The minimum Gasteiger partial charge on any atom is -0.478 e.